The van der Waals surface area contributed by atoms with Gasteiger partial charge in [-0.05, 0) is 52.8 Å². The number of nitrogens with two attached hydrogens (primary N) is 2. The summed E-state index contributed by atoms with van der Waals surface area (Å²) in [5, 5.41) is 0. The van der Waals surface area contributed by atoms with Gasteiger partial charge in [-0.1, -0.05) is 41.5 Å². The van der Waals surface area contributed by atoms with E-state index in [1.165, 1.54) is 0 Å². The highest BCUT2D eigenvalue weighted by atomic mass is 16.5. The summed E-state index contributed by atoms with van der Waals surface area (Å²) in [6.07, 6.45) is 0. The van der Waals surface area contributed by atoms with Crippen LogP contribution in [-0.2, 0) is 10.8 Å². The maximum absolute atomic E-state index is 6.16. The van der Waals surface area contributed by atoms with Crippen LogP contribution in [0.2, 0.25) is 0 Å². The average molecular weight is 311 g/mol. The molecule has 23 heavy (non-hydrogen) atoms. The molecule has 0 heterocycles. The summed E-state index contributed by atoms with van der Waals surface area (Å²) in [6.45, 7) is 13.0. The average Bonchev–Trinajstić information content (AvgIpc) is 2.39. The van der Waals surface area contributed by atoms with E-state index >= 15 is 0 Å². The molecule has 1 radical (unpaired) electrons. The minimum Gasteiger partial charge on any atom is -0.455 e. The molecule has 0 aliphatic heterocycles. The lowest BCUT2D eigenvalue weighted by molar-refractivity contribution is 0.453. The molecule has 0 aliphatic carbocycles. The van der Waals surface area contributed by atoms with Crippen LogP contribution in [0.3, 0.4) is 0 Å². The Morgan fingerprint density at radius 2 is 1.52 bits per heavy atom. The zero-order valence-electron chi connectivity index (χ0n) is 14.9. The first-order valence-electron chi connectivity index (χ1n) is 7.88. The van der Waals surface area contributed by atoms with E-state index in [1.54, 1.807) is 12.1 Å². The number of hydrogen-bond acceptors (Lipinski definition) is 3. The molecule has 2 rings (SSSR count). The van der Waals surface area contributed by atoms with Gasteiger partial charge < -0.3 is 16.2 Å². The van der Waals surface area contributed by atoms with Gasteiger partial charge in [0.2, 0.25) is 0 Å². The van der Waals surface area contributed by atoms with Crippen molar-refractivity contribution >= 4 is 11.4 Å². The van der Waals surface area contributed by atoms with Gasteiger partial charge in [-0.2, -0.15) is 0 Å². The predicted octanol–water partition coefficient (Wildman–Crippen LogP) is 5.04. The lowest BCUT2D eigenvalue weighted by atomic mass is 9.81. The fourth-order valence-electron chi connectivity index (χ4n) is 2.35. The lowest BCUT2D eigenvalue weighted by Gasteiger charge is -2.26. The molecule has 0 aliphatic rings. The molecule has 0 saturated heterocycles. The highest BCUT2D eigenvalue weighted by Crippen LogP contribution is 2.38. The number of ether oxygens (including phenoxy) is 1. The van der Waals surface area contributed by atoms with Crippen molar-refractivity contribution in [3.63, 3.8) is 0 Å². The molecule has 4 N–H and O–H groups in total. The summed E-state index contributed by atoms with van der Waals surface area (Å²) in [6, 6.07) is 12.8. The molecular weight excluding hydrogens is 284 g/mol. The second-order valence-corrected chi connectivity index (χ2v) is 8.02. The van der Waals surface area contributed by atoms with Crippen LogP contribution in [0.25, 0.3) is 0 Å². The highest BCUT2D eigenvalue weighted by molar-refractivity contribution is 5.62. The first kappa shape index (κ1) is 17.2. The second-order valence-electron chi connectivity index (χ2n) is 8.02. The van der Waals surface area contributed by atoms with Gasteiger partial charge >= 0.3 is 0 Å². The molecule has 3 nitrogen and oxygen atoms in total. The minimum atomic E-state index is -0.0508. The first-order chi connectivity index (χ1) is 10.5. The molecule has 2 aromatic rings. The van der Waals surface area contributed by atoms with E-state index in [4.69, 9.17) is 16.2 Å². The largest absolute Gasteiger partial charge is 0.455 e. The van der Waals surface area contributed by atoms with Crippen molar-refractivity contribution < 1.29 is 4.74 Å². The van der Waals surface area contributed by atoms with E-state index in [2.05, 4.69) is 53.7 Å². The topological polar surface area (TPSA) is 61.3 Å². The molecule has 0 aromatic heterocycles. The van der Waals surface area contributed by atoms with Gasteiger partial charge in [-0.25, -0.2) is 0 Å². The van der Waals surface area contributed by atoms with Crippen molar-refractivity contribution in [3.05, 3.63) is 47.5 Å². The minimum absolute atomic E-state index is 0.00118. The van der Waals surface area contributed by atoms with Crippen LogP contribution < -0.4 is 16.2 Å². The molecule has 0 atom stereocenters. The van der Waals surface area contributed by atoms with Crippen LogP contribution in [0.5, 0.6) is 11.5 Å². The summed E-state index contributed by atoms with van der Waals surface area (Å²) in [4.78, 5) is 0. The smallest absolute Gasteiger partial charge is 0.150 e. The van der Waals surface area contributed by atoms with Gasteiger partial charge in [0.15, 0.2) is 0 Å². The SMILES string of the molecule is CC(C)(C)c1[c]cc(C(C)(C)C)c(Oc2ccc(N)cc2N)c1. The van der Waals surface area contributed by atoms with Gasteiger partial charge in [-0.3, -0.25) is 0 Å². The fourth-order valence-corrected chi connectivity index (χ4v) is 2.35. The number of rotatable bonds is 2. The zero-order chi connectivity index (χ0) is 17.4. The Morgan fingerprint density at radius 1 is 0.870 bits per heavy atom. The maximum atomic E-state index is 6.16. The van der Waals surface area contributed by atoms with Gasteiger partial charge in [0.1, 0.15) is 11.5 Å². The Kier molecular flexibility index (Phi) is 4.34. The van der Waals surface area contributed by atoms with Crippen LogP contribution in [0, 0.1) is 6.07 Å². The molecule has 0 amide bonds. The Morgan fingerprint density at radius 3 is 2.04 bits per heavy atom. The van der Waals surface area contributed by atoms with Gasteiger partial charge in [0.25, 0.3) is 0 Å². The Balaban J connectivity index is 2.53. The van der Waals surface area contributed by atoms with E-state index in [9.17, 15) is 0 Å². The van der Waals surface area contributed by atoms with Crippen molar-refractivity contribution in [1.29, 1.82) is 0 Å². The summed E-state index contributed by atoms with van der Waals surface area (Å²) in [5.74, 6) is 1.44. The molecule has 0 fully saturated rings. The monoisotopic (exact) mass is 311 g/mol. The third-order valence-corrected chi connectivity index (χ3v) is 3.78. The molecule has 0 saturated carbocycles. The van der Waals surface area contributed by atoms with Crippen molar-refractivity contribution in [3.8, 4) is 11.5 Å². The lowest BCUT2D eigenvalue weighted by Crippen LogP contribution is -2.16. The molecule has 0 spiro atoms. The summed E-state index contributed by atoms with van der Waals surface area (Å²) < 4.78 is 6.16. The van der Waals surface area contributed by atoms with Crippen molar-refractivity contribution in [2.24, 2.45) is 0 Å². The van der Waals surface area contributed by atoms with Crippen LogP contribution >= 0.6 is 0 Å². The quantitative estimate of drug-likeness (QED) is 0.764. The molecule has 0 bridgehead atoms. The van der Waals surface area contributed by atoms with E-state index in [-0.39, 0.29) is 10.8 Å². The van der Waals surface area contributed by atoms with Crippen LogP contribution in [0.4, 0.5) is 11.4 Å². The Hall–Kier alpha value is -2.16. The number of hydrogen-bond donors (Lipinski definition) is 2. The molecule has 3 heteroatoms. The standard InChI is InChI=1S/C20H27N2O/c1-19(2,3)13-7-9-15(20(4,5)6)18(11-13)23-17-10-8-14(21)12-16(17)22/h8-12H,21-22H2,1-6H3. The Labute approximate surface area is 139 Å². The van der Waals surface area contributed by atoms with Gasteiger partial charge in [0, 0.05) is 11.3 Å². The normalized spacial score (nSPS) is 12.3. The van der Waals surface area contributed by atoms with Crippen molar-refractivity contribution in [1.82, 2.24) is 0 Å². The predicted molar refractivity (Wildman–Crippen MR) is 98.0 cm³/mol. The van der Waals surface area contributed by atoms with Crippen molar-refractivity contribution in [2.75, 3.05) is 11.5 Å². The molecule has 2 aromatic carbocycles. The first-order valence-corrected chi connectivity index (χ1v) is 7.88. The fraction of sp³-hybridized carbons (Fsp3) is 0.400. The summed E-state index contributed by atoms with van der Waals surface area (Å²) in [7, 11) is 0. The second kappa shape index (κ2) is 5.80. The Bertz CT molecular complexity index is 707. The van der Waals surface area contributed by atoms with Crippen molar-refractivity contribution in [2.45, 2.75) is 52.4 Å². The van der Waals surface area contributed by atoms with E-state index in [0.717, 1.165) is 16.9 Å². The summed E-state index contributed by atoms with van der Waals surface area (Å²) in [5.41, 5.74) is 15.1. The maximum Gasteiger partial charge on any atom is 0.150 e. The van der Waals surface area contributed by atoms with Gasteiger partial charge in [-0.15, -0.1) is 0 Å². The third-order valence-electron chi connectivity index (χ3n) is 3.78. The number of benzene rings is 2. The van der Waals surface area contributed by atoms with E-state index < -0.39 is 0 Å². The highest BCUT2D eigenvalue weighted by Gasteiger charge is 2.23. The van der Waals surface area contributed by atoms with Gasteiger partial charge in [0.05, 0.1) is 5.69 Å². The van der Waals surface area contributed by atoms with E-state index in [1.807, 2.05) is 12.1 Å². The molecular formula is C20H27N2O. The number of anilines is 2. The molecule has 0 unspecified atom stereocenters. The summed E-state index contributed by atoms with van der Waals surface area (Å²) >= 11 is 0. The zero-order valence-corrected chi connectivity index (χ0v) is 14.9. The van der Waals surface area contributed by atoms with Crippen LogP contribution in [-0.4, -0.2) is 0 Å². The molecule has 123 valence electrons. The van der Waals surface area contributed by atoms with E-state index in [0.29, 0.717) is 17.1 Å². The number of nitrogen functional groups attached to an aromatic ring is 2. The van der Waals surface area contributed by atoms with Crippen LogP contribution in [0.15, 0.2) is 30.3 Å². The van der Waals surface area contributed by atoms with Crippen LogP contribution in [0.1, 0.15) is 52.7 Å². The third kappa shape index (κ3) is 3.98.